The lowest BCUT2D eigenvalue weighted by Gasteiger charge is -2.15. The van der Waals surface area contributed by atoms with E-state index < -0.39 is 29.6 Å². The smallest absolute Gasteiger partial charge is 0.416 e. The fourth-order valence-electron chi connectivity index (χ4n) is 2.17. The molecular formula is C18H17F3N2O3. The molecule has 0 radical (unpaired) electrons. The van der Waals surface area contributed by atoms with Crippen molar-refractivity contribution in [2.45, 2.75) is 19.1 Å². The molecule has 26 heavy (non-hydrogen) atoms. The quantitative estimate of drug-likeness (QED) is 0.814. The number of carbonyl (C=O) groups excluding carboxylic acids is 2. The monoisotopic (exact) mass is 366 g/mol. The molecule has 0 saturated heterocycles. The van der Waals surface area contributed by atoms with Crippen LogP contribution in [-0.4, -0.2) is 18.9 Å². The van der Waals surface area contributed by atoms with E-state index in [0.29, 0.717) is 5.75 Å². The van der Waals surface area contributed by atoms with E-state index in [4.69, 9.17) is 4.74 Å². The number of halogens is 3. The van der Waals surface area contributed by atoms with Crippen LogP contribution in [0.25, 0.3) is 0 Å². The topological polar surface area (TPSA) is 67.4 Å². The van der Waals surface area contributed by atoms with Crippen molar-refractivity contribution < 1.29 is 27.5 Å². The van der Waals surface area contributed by atoms with Gasteiger partial charge < -0.3 is 15.4 Å². The fourth-order valence-corrected chi connectivity index (χ4v) is 2.17. The largest absolute Gasteiger partial charge is 0.497 e. The van der Waals surface area contributed by atoms with Crippen molar-refractivity contribution in [1.29, 1.82) is 0 Å². The van der Waals surface area contributed by atoms with E-state index in [-0.39, 0.29) is 5.69 Å². The van der Waals surface area contributed by atoms with Crippen LogP contribution in [0.2, 0.25) is 0 Å². The van der Waals surface area contributed by atoms with Gasteiger partial charge in [-0.25, -0.2) is 0 Å². The van der Waals surface area contributed by atoms with Crippen molar-refractivity contribution in [2.24, 2.45) is 0 Å². The van der Waals surface area contributed by atoms with Gasteiger partial charge in [-0.3, -0.25) is 9.59 Å². The summed E-state index contributed by atoms with van der Waals surface area (Å²) in [6.45, 7) is 1.70. The van der Waals surface area contributed by atoms with E-state index in [1.807, 2.05) is 0 Å². The van der Waals surface area contributed by atoms with Gasteiger partial charge in [-0.15, -0.1) is 0 Å². The minimum Gasteiger partial charge on any atom is -0.497 e. The van der Waals surface area contributed by atoms with Gasteiger partial charge in [0.15, 0.2) is 0 Å². The Bertz CT molecular complexity index is 772. The second kappa shape index (κ2) is 7.90. The van der Waals surface area contributed by atoms with Crippen LogP contribution in [0.1, 0.15) is 24.1 Å². The van der Waals surface area contributed by atoms with Crippen LogP contribution in [0, 0.1) is 0 Å². The number of hydrogen-bond acceptors (Lipinski definition) is 3. The first-order valence-corrected chi connectivity index (χ1v) is 7.64. The van der Waals surface area contributed by atoms with Crippen molar-refractivity contribution in [3.8, 4) is 5.75 Å². The van der Waals surface area contributed by atoms with Crippen LogP contribution in [0.3, 0.4) is 0 Å². The number of alkyl halides is 3. The molecule has 0 saturated carbocycles. The minimum atomic E-state index is -4.46. The number of amides is 2. The van der Waals surface area contributed by atoms with Gasteiger partial charge in [-0.05, 0) is 48.9 Å². The molecule has 2 aromatic carbocycles. The van der Waals surface area contributed by atoms with Gasteiger partial charge in [0.2, 0.25) is 0 Å². The molecule has 2 aromatic rings. The van der Waals surface area contributed by atoms with E-state index in [1.54, 1.807) is 31.2 Å². The molecule has 0 aliphatic heterocycles. The molecule has 0 spiro atoms. The molecule has 0 aromatic heterocycles. The van der Waals surface area contributed by atoms with Gasteiger partial charge in [0, 0.05) is 5.69 Å². The SMILES string of the molecule is COc1ccc(C(C)NC(=O)C(=O)Nc2ccc(C(F)(F)F)cc2)cc1. The summed E-state index contributed by atoms with van der Waals surface area (Å²) in [6, 6.07) is 10.3. The predicted octanol–water partition coefficient (Wildman–Crippen LogP) is 3.53. The number of benzene rings is 2. The Morgan fingerprint density at radius 2 is 1.54 bits per heavy atom. The maximum Gasteiger partial charge on any atom is 0.416 e. The highest BCUT2D eigenvalue weighted by Crippen LogP contribution is 2.29. The van der Waals surface area contributed by atoms with Gasteiger partial charge in [-0.2, -0.15) is 13.2 Å². The summed E-state index contributed by atoms with van der Waals surface area (Å²) in [6.07, 6.45) is -4.46. The Morgan fingerprint density at radius 1 is 0.962 bits per heavy atom. The molecule has 2 amide bonds. The molecular weight excluding hydrogens is 349 g/mol. The number of methoxy groups -OCH3 is 1. The first kappa shape index (κ1) is 19.3. The predicted molar refractivity (Wildman–Crippen MR) is 89.6 cm³/mol. The molecule has 0 aliphatic rings. The Hall–Kier alpha value is -3.03. The highest BCUT2D eigenvalue weighted by Gasteiger charge is 2.30. The Morgan fingerprint density at radius 3 is 2.04 bits per heavy atom. The second-order valence-electron chi connectivity index (χ2n) is 5.50. The fraction of sp³-hybridized carbons (Fsp3) is 0.222. The maximum atomic E-state index is 12.5. The zero-order valence-electron chi connectivity index (χ0n) is 14.1. The first-order chi connectivity index (χ1) is 12.2. The third-order valence-corrected chi connectivity index (χ3v) is 3.64. The van der Waals surface area contributed by atoms with E-state index in [2.05, 4.69) is 10.6 Å². The summed E-state index contributed by atoms with van der Waals surface area (Å²) in [5.74, 6) is -1.20. The van der Waals surface area contributed by atoms with Gasteiger partial charge in [0.05, 0.1) is 18.7 Å². The van der Waals surface area contributed by atoms with Crippen LogP contribution in [0.5, 0.6) is 5.75 Å². The lowest BCUT2D eigenvalue weighted by Crippen LogP contribution is -2.36. The average Bonchev–Trinajstić information content (AvgIpc) is 2.61. The average molecular weight is 366 g/mol. The van der Waals surface area contributed by atoms with Crippen LogP contribution < -0.4 is 15.4 Å². The van der Waals surface area contributed by atoms with Gasteiger partial charge in [0.25, 0.3) is 0 Å². The van der Waals surface area contributed by atoms with Crippen molar-refractivity contribution in [3.05, 3.63) is 59.7 Å². The van der Waals surface area contributed by atoms with Crippen LogP contribution >= 0.6 is 0 Å². The third-order valence-electron chi connectivity index (χ3n) is 3.64. The standard InChI is InChI=1S/C18H17F3N2O3/c1-11(12-3-9-15(26-2)10-4-12)22-16(24)17(25)23-14-7-5-13(6-8-14)18(19,20)21/h3-11H,1-2H3,(H,22,24)(H,23,25). The van der Waals surface area contributed by atoms with Crippen LogP contribution in [-0.2, 0) is 15.8 Å². The molecule has 8 heteroatoms. The second-order valence-corrected chi connectivity index (χ2v) is 5.50. The minimum absolute atomic E-state index is 0.0928. The molecule has 1 unspecified atom stereocenters. The summed E-state index contributed by atoms with van der Waals surface area (Å²) in [7, 11) is 1.53. The number of anilines is 1. The summed E-state index contributed by atoms with van der Waals surface area (Å²) in [5, 5.41) is 4.77. The molecule has 0 aliphatic carbocycles. The van der Waals surface area contributed by atoms with E-state index in [1.165, 1.54) is 7.11 Å². The van der Waals surface area contributed by atoms with Crippen molar-refractivity contribution in [1.82, 2.24) is 5.32 Å². The lowest BCUT2D eigenvalue weighted by molar-refractivity contribution is -0.137. The molecule has 2 N–H and O–H groups in total. The Balaban J connectivity index is 1.95. The number of rotatable bonds is 4. The Kier molecular flexibility index (Phi) is 5.86. The lowest BCUT2D eigenvalue weighted by atomic mass is 10.1. The van der Waals surface area contributed by atoms with E-state index in [9.17, 15) is 22.8 Å². The molecule has 138 valence electrons. The highest BCUT2D eigenvalue weighted by molar-refractivity contribution is 6.39. The van der Waals surface area contributed by atoms with Gasteiger partial charge >= 0.3 is 18.0 Å². The molecule has 5 nitrogen and oxygen atoms in total. The number of hydrogen-bond donors (Lipinski definition) is 2. The maximum absolute atomic E-state index is 12.5. The molecule has 0 heterocycles. The Labute approximate surface area is 148 Å². The third kappa shape index (κ3) is 4.98. The summed E-state index contributed by atoms with van der Waals surface area (Å²) >= 11 is 0. The number of nitrogens with one attached hydrogen (secondary N) is 2. The van der Waals surface area contributed by atoms with E-state index in [0.717, 1.165) is 29.8 Å². The zero-order chi connectivity index (χ0) is 19.3. The number of ether oxygens (including phenoxy) is 1. The normalized spacial score (nSPS) is 12.2. The summed E-state index contributed by atoms with van der Waals surface area (Å²) < 4.78 is 42.6. The molecule has 2 rings (SSSR count). The van der Waals surface area contributed by atoms with Gasteiger partial charge in [-0.1, -0.05) is 12.1 Å². The van der Waals surface area contributed by atoms with Crippen molar-refractivity contribution in [2.75, 3.05) is 12.4 Å². The van der Waals surface area contributed by atoms with Crippen LogP contribution in [0.4, 0.5) is 18.9 Å². The molecule has 0 bridgehead atoms. The first-order valence-electron chi connectivity index (χ1n) is 7.64. The summed E-state index contributed by atoms with van der Waals surface area (Å²) in [4.78, 5) is 23.8. The van der Waals surface area contributed by atoms with Gasteiger partial charge in [0.1, 0.15) is 5.75 Å². The van der Waals surface area contributed by atoms with Crippen molar-refractivity contribution >= 4 is 17.5 Å². The number of carbonyl (C=O) groups is 2. The molecule has 1 atom stereocenters. The molecule has 0 fully saturated rings. The van der Waals surface area contributed by atoms with Crippen molar-refractivity contribution in [3.63, 3.8) is 0 Å². The van der Waals surface area contributed by atoms with Crippen LogP contribution in [0.15, 0.2) is 48.5 Å². The highest BCUT2D eigenvalue weighted by atomic mass is 19.4. The zero-order valence-corrected chi connectivity index (χ0v) is 14.1. The summed E-state index contributed by atoms with van der Waals surface area (Å²) in [5.41, 5.74) is 0.0183. The van der Waals surface area contributed by atoms with E-state index >= 15 is 0 Å².